The van der Waals surface area contributed by atoms with Gasteiger partial charge in [0.05, 0.1) is 6.61 Å². The Morgan fingerprint density at radius 3 is 2.70 bits per heavy atom. The summed E-state index contributed by atoms with van der Waals surface area (Å²) in [6, 6.07) is 0. The molecule has 0 spiro atoms. The van der Waals surface area contributed by atoms with E-state index < -0.39 is 0 Å². The summed E-state index contributed by atoms with van der Waals surface area (Å²) in [7, 11) is 0. The first-order chi connectivity index (χ1) is 9.29. The van der Waals surface area contributed by atoms with Crippen molar-refractivity contribution in [3.8, 4) is 0 Å². The van der Waals surface area contributed by atoms with E-state index in [-0.39, 0.29) is 23.5 Å². The zero-order chi connectivity index (χ0) is 14.9. The first kappa shape index (κ1) is 15.1. The third kappa shape index (κ3) is 3.22. The molecule has 0 aromatic carbocycles. The van der Waals surface area contributed by atoms with Gasteiger partial charge in [0.25, 0.3) is 5.91 Å². The molecule has 0 aromatic rings. The summed E-state index contributed by atoms with van der Waals surface area (Å²) in [5.74, 6) is 0.793. The van der Waals surface area contributed by atoms with Crippen LogP contribution < -0.4 is 10.9 Å². The van der Waals surface area contributed by atoms with E-state index >= 15 is 0 Å². The highest BCUT2D eigenvalue weighted by molar-refractivity contribution is 5.97. The monoisotopic (exact) mass is 280 g/mol. The standard InChI is InChI=1S/C15H24N2O3/c1-9-8-11(14(18)16-17-15(3,4)5)10(2)13-12(9)19-6-7-20-13/h8-9,12,17H,6-7H2,1-5H3,(H,16,18). The third-order valence-corrected chi connectivity index (χ3v) is 3.37. The van der Waals surface area contributed by atoms with E-state index in [9.17, 15) is 4.79 Å². The second kappa shape index (κ2) is 5.58. The van der Waals surface area contributed by atoms with Crippen molar-refractivity contribution in [1.82, 2.24) is 10.9 Å². The quantitative estimate of drug-likeness (QED) is 0.755. The van der Waals surface area contributed by atoms with E-state index in [0.29, 0.717) is 18.8 Å². The van der Waals surface area contributed by atoms with Gasteiger partial charge in [0.1, 0.15) is 18.5 Å². The molecule has 20 heavy (non-hydrogen) atoms. The largest absolute Gasteiger partial charge is 0.492 e. The molecule has 1 fully saturated rings. The molecule has 0 bridgehead atoms. The highest BCUT2D eigenvalue weighted by Gasteiger charge is 2.34. The van der Waals surface area contributed by atoms with Crippen LogP contribution in [-0.2, 0) is 14.3 Å². The van der Waals surface area contributed by atoms with Crippen molar-refractivity contribution in [1.29, 1.82) is 0 Å². The number of rotatable bonds is 2. The normalized spacial score (nSPS) is 26.6. The Bertz CT molecular complexity index is 460. The molecule has 112 valence electrons. The number of hydrogen-bond acceptors (Lipinski definition) is 4. The van der Waals surface area contributed by atoms with Gasteiger partial charge in [-0.1, -0.05) is 13.0 Å². The summed E-state index contributed by atoms with van der Waals surface area (Å²) >= 11 is 0. The molecule has 0 radical (unpaired) electrons. The Balaban J connectivity index is 2.15. The Labute approximate surface area is 120 Å². The first-order valence-electron chi connectivity index (χ1n) is 7.04. The molecule has 2 rings (SSSR count). The molecule has 0 aromatic heterocycles. The number of carbonyl (C=O) groups excluding carboxylic acids is 1. The van der Waals surface area contributed by atoms with Gasteiger partial charge in [0.15, 0.2) is 0 Å². The van der Waals surface area contributed by atoms with Gasteiger partial charge >= 0.3 is 0 Å². The average molecular weight is 280 g/mol. The number of fused-ring (bicyclic) bond motifs is 1. The Hall–Kier alpha value is -1.33. The average Bonchev–Trinajstić information content (AvgIpc) is 2.39. The maximum absolute atomic E-state index is 12.3. The van der Waals surface area contributed by atoms with E-state index in [0.717, 1.165) is 11.3 Å². The fraction of sp³-hybridized carbons (Fsp3) is 0.667. The minimum Gasteiger partial charge on any atom is -0.492 e. The van der Waals surface area contributed by atoms with Crippen molar-refractivity contribution in [3.63, 3.8) is 0 Å². The van der Waals surface area contributed by atoms with Crippen LogP contribution in [0.25, 0.3) is 0 Å². The zero-order valence-corrected chi connectivity index (χ0v) is 12.9. The lowest BCUT2D eigenvalue weighted by Gasteiger charge is -2.35. The number of hydrazine groups is 1. The number of hydrogen-bond donors (Lipinski definition) is 2. The van der Waals surface area contributed by atoms with Gasteiger partial charge in [-0.2, -0.15) is 0 Å². The van der Waals surface area contributed by atoms with E-state index in [1.54, 1.807) is 0 Å². The molecular weight excluding hydrogens is 256 g/mol. The summed E-state index contributed by atoms with van der Waals surface area (Å²) in [4.78, 5) is 12.3. The maximum Gasteiger partial charge on any atom is 0.265 e. The Morgan fingerprint density at radius 2 is 2.05 bits per heavy atom. The van der Waals surface area contributed by atoms with Crippen molar-refractivity contribution in [3.05, 3.63) is 23.0 Å². The van der Waals surface area contributed by atoms with Crippen molar-refractivity contribution < 1.29 is 14.3 Å². The van der Waals surface area contributed by atoms with Crippen LogP contribution in [0.15, 0.2) is 23.0 Å². The van der Waals surface area contributed by atoms with Gasteiger partial charge in [-0.15, -0.1) is 0 Å². The fourth-order valence-electron chi connectivity index (χ4n) is 2.36. The molecular formula is C15H24N2O3. The summed E-state index contributed by atoms with van der Waals surface area (Å²) in [6.45, 7) is 11.1. The molecule has 0 saturated carbocycles. The van der Waals surface area contributed by atoms with Crippen LogP contribution in [0, 0.1) is 5.92 Å². The van der Waals surface area contributed by atoms with Gasteiger partial charge in [-0.3, -0.25) is 10.2 Å². The third-order valence-electron chi connectivity index (χ3n) is 3.37. The molecule has 1 aliphatic heterocycles. The van der Waals surface area contributed by atoms with Crippen LogP contribution >= 0.6 is 0 Å². The lowest BCUT2D eigenvalue weighted by molar-refractivity contribution is -0.119. The van der Waals surface area contributed by atoms with Crippen LogP contribution in [0.3, 0.4) is 0 Å². The highest BCUT2D eigenvalue weighted by Crippen LogP contribution is 2.33. The maximum atomic E-state index is 12.3. The van der Waals surface area contributed by atoms with Gasteiger partial charge in [-0.25, -0.2) is 5.43 Å². The van der Waals surface area contributed by atoms with Gasteiger partial charge in [-0.05, 0) is 27.7 Å². The summed E-state index contributed by atoms with van der Waals surface area (Å²) < 4.78 is 11.4. The van der Waals surface area contributed by atoms with Crippen LogP contribution in [0.4, 0.5) is 0 Å². The van der Waals surface area contributed by atoms with E-state index in [2.05, 4.69) is 10.9 Å². The lowest BCUT2D eigenvalue weighted by atomic mass is 9.87. The number of ether oxygens (including phenoxy) is 2. The molecule has 2 N–H and O–H groups in total. The predicted octanol–water partition coefficient (Wildman–Crippen LogP) is 1.67. The summed E-state index contributed by atoms with van der Waals surface area (Å²) in [5, 5.41) is 0. The van der Waals surface area contributed by atoms with Crippen molar-refractivity contribution in [2.75, 3.05) is 13.2 Å². The summed E-state index contributed by atoms with van der Waals surface area (Å²) in [6.07, 6.45) is 1.90. The van der Waals surface area contributed by atoms with Crippen molar-refractivity contribution in [2.45, 2.75) is 46.3 Å². The summed E-state index contributed by atoms with van der Waals surface area (Å²) in [5.41, 5.74) is 7.09. The topological polar surface area (TPSA) is 59.6 Å². The molecule has 2 unspecified atom stereocenters. The molecule has 5 heteroatoms. The minimum absolute atomic E-state index is 0.0594. The molecule has 1 aliphatic carbocycles. The lowest BCUT2D eigenvalue weighted by Crippen LogP contribution is -2.49. The van der Waals surface area contributed by atoms with E-state index in [1.165, 1.54) is 0 Å². The molecule has 1 saturated heterocycles. The predicted molar refractivity (Wildman–Crippen MR) is 76.7 cm³/mol. The van der Waals surface area contributed by atoms with Gasteiger partial charge in [0.2, 0.25) is 0 Å². The van der Waals surface area contributed by atoms with Crippen LogP contribution in [0.2, 0.25) is 0 Å². The smallest absolute Gasteiger partial charge is 0.265 e. The first-order valence-corrected chi connectivity index (χ1v) is 7.04. The zero-order valence-electron chi connectivity index (χ0n) is 12.9. The SMILES string of the molecule is CC1=C2OCCOC2C(C)C=C1C(=O)NNC(C)(C)C. The van der Waals surface area contributed by atoms with E-state index in [4.69, 9.17) is 9.47 Å². The molecule has 2 atom stereocenters. The second-order valence-electron chi connectivity index (χ2n) is 6.40. The van der Waals surface area contributed by atoms with Gasteiger partial charge in [0, 0.05) is 22.6 Å². The molecule has 1 heterocycles. The van der Waals surface area contributed by atoms with Crippen LogP contribution in [0.1, 0.15) is 34.6 Å². The van der Waals surface area contributed by atoms with Crippen LogP contribution in [0.5, 0.6) is 0 Å². The number of nitrogens with one attached hydrogen (secondary N) is 2. The Kier molecular flexibility index (Phi) is 4.20. The fourth-order valence-corrected chi connectivity index (χ4v) is 2.36. The van der Waals surface area contributed by atoms with Crippen molar-refractivity contribution in [2.24, 2.45) is 5.92 Å². The van der Waals surface area contributed by atoms with E-state index in [1.807, 2.05) is 40.7 Å². The van der Waals surface area contributed by atoms with Crippen LogP contribution in [-0.4, -0.2) is 30.8 Å². The Morgan fingerprint density at radius 1 is 1.35 bits per heavy atom. The molecule has 1 amide bonds. The molecule has 5 nitrogen and oxygen atoms in total. The number of amides is 1. The highest BCUT2D eigenvalue weighted by atomic mass is 16.6. The van der Waals surface area contributed by atoms with Gasteiger partial charge < -0.3 is 9.47 Å². The van der Waals surface area contributed by atoms with Crippen molar-refractivity contribution >= 4 is 5.91 Å². The number of carbonyl (C=O) groups is 1. The second-order valence-corrected chi connectivity index (χ2v) is 6.40. The minimum atomic E-state index is -0.176. The molecule has 2 aliphatic rings.